The van der Waals surface area contributed by atoms with E-state index in [1.807, 2.05) is 0 Å². The van der Waals surface area contributed by atoms with Crippen LogP contribution in [0.1, 0.15) is 62.1 Å². The van der Waals surface area contributed by atoms with Crippen molar-refractivity contribution in [1.82, 2.24) is 0 Å². The Hall–Kier alpha value is -1.58. The van der Waals surface area contributed by atoms with E-state index in [2.05, 4.69) is 62.4 Å². The smallest absolute Gasteiger partial charge is 0.407 e. The molecule has 0 spiro atoms. The first-order chi connectivity index (χ1) is 12.8. The maximum absolute atomic E-state index is 6.02. The molecule has 3 rings (SSSR count). The summed E-state index contributed by atoms with van der Waals surface area (Å²) >= 11 is 0. The van der Waals surface area contributed by atoms with E-state index in [9.17, 15) is 0 Å². The molecular formula is C23H31BO2. The molecule has 1 aliphatic rings. The summed E-state index contributed by atoms with van der Waals surface area (Å²) in [7, 11) is -0.227. The van der Waals surface area contributed by atoms with Crippen molar-refractivity contribution in [2.75, 3.05) is 13.2 Å². The molecule has 138 valence electrons. The second kappa shape index (κ2) is 9.94. The third-order valence-corrected chi connectivity index (χ3v) is 5.24. The molecule has 2 aromatic rings. The highest BCUT2D eigenvalue weighted by atomic mass is 16.6. The van der Waals surface area contributed by atoms with E-state index in [1.165, 1.54) is 48.8 Å². The highest BCUT2D eigenvalue weighted by Gasteiger charge is 2.29. The van der Waals surface area contributed by atoms with Gasteiger partial charge in [-0.05, 0) is 47.8 Å². The van der Waals surface area contributed by atoms with Gasteiger partial charge < -0.3 is 9.31 Å². The van der Waals surface area contributed by atoms with Crippen LogP contribution in [0.3, 0.4) is 0 Å². The van der Waals surface area contributed by atoms with Crippen LogP contribution in [0.2, 0.25) is 0 Å². The third kappa shape index (κ3) is 5.22. The Morgan fingerprint density at radius 2 is 1.27 bits per heavy atom. The van der Waals surface area contributed by atoms with Gasteiger partial charge in [-0.1, -0.05) is 75.2 Å². The lowest BCUT2D eigenvalue weighted by molar-refractivity contribution is 0.121. The minimum Gasteiger partial charge on any atom is -0.407 e. The van der Waals surface area contributed by atoms with E-state index < -0.39 is 0 Å². The van der Waals surface area contributed by atoms with Gasteiger partial charge in [-0.25, -0.2) is 0 Å². The Kier molecular flexibility index (Phi) is 7.34. The molecule has 2 nitrogen and oxygen atoms in total. The SMILES string of the molecule is CCCCc1ccc(B2OCC(c3ccc(CCCC)cc3)CO2)cc1. The van der Waals surface area contributed by atoms with Crippen LogP contribution < -0.4 is 5.46 Å². The highest BCUT2D eigenvalue weighted by Crippen LogP contribution is 2.22. The van der Waals surface area contributed by atoms with Crippen LogP contribution in [0, 0.1) is 0 Å². The lowest BCUT2D eigenvalue weighted by Crippen LogP contribution is -2.43. The number of hydrogen-bond acceptors (Lipinski definition) is 2. The molecule has 0 saturated carbocycles. The summed E-state index contributed by atoms with van der Waals surface area (Å²) in [6.45, 7) is 5.90. The molecule has 0 unspecified atom stereocenters. The average molecular weight is 350 g/mol. The van der Waals surface area contributed by atoms with Gasteiger partial charge in [0, 0.05) is 19.1 Å². The van der Waals surface area contributed by atoms with Gasteiger partial charge in [-0.3, -0.25) is 0 Å². The molecule has 0 amide bonds. The minimum atomic E-state index is -0.227. The van der Waals surface area contributed by atoms with Crippen molar-refractivity contribution >= 4 is 12.6 Å². The average Bonchev–Trinajstić information content (AvgIpc) is 2.72. The van der Waals surface area contributed by atoms with Crippen LogP contribution in [-0.4, -0.2) is 20.3 Å². The van der Waals surface area contributed by atoms with Gasteiger partial charge in [0.1, 0.15) is 0 Å². The molecule has 3 heteroatoms. The lowest BCUT2D eigenvalue weighted by atomic mass is 9.76. The Balaban J connectivity index is 1.52. The zero-order valence-corrected chi connectivity index (χ0v) is 16.2. The minimum absolute atomic E-state index is 0.227. The fourth-order valence-corrected chi connectivity index (χ4v) is 3.45. The molecule has 1 fully saturated rings. The van der Waals surface area contributed by atoms with E-state index in [-0.39, 0.29) is 7.12 Å². The highest BCUT2D eigenvalue weighted by molar-refractivity contribution is 6.61. The van der Waals surface area contributed by atoms with E-state index in [0.717, 1.165) is 25.1 Å². The molecule has 0 atom stereocenters. The first kappa shape index (κ1) is 19.2. The molecular weight excluding hydrogens is 319 g/mol. The van der Waals surface area contributed by atoms with Gasteiger partial charge >= 0.3 is 7.12 Å². The Labute approximate surface area is 159 Å². The van der Waals surface area contributed by atoms with E-state index >= 15 is 0 Å². The summed E-state index contributed by atoms with van der Waals surface area (Å²) in [6, 6.07) is 17.7. The number of hydrogen-bond donors (Lipinski definition) is 0. The largest absolute Gasteiger partial charge is 0.493 e. The van der Waals surface area contributed by atoms with Crippen molar-refractivity contribution in [1.29, 1.82) is 0 Å². The van der Waals surface area contributed by atoms with Crippen molar-refractivity contribution in [2.45, 2.75) is 58.3 Å². The van der Waals surface area contributed by atoms with Crippen LogP contribution in [0.4, 0.5) is 0 Å². The lowest BCUT2D eigenvalue weighted by Gasteiger charge is -2.28. The summed E-state index contributed by atoms with van der Waals surface area (Å²) in [6.07, 6.45) is 7.30. The normalized spacial score (nSPS) is 15.4. The topological polar surface area (TPSA) is 18.5 Å². The standard InChI is InChI=1S/C23H31BO2/c1-3-5-7-19-9-13-21(14-10-19)22-17-25-24(26-18-22)23-15-11-20(12-16-23)8-6-4-2/h9-16,22H,3-8,17-18H2,1-2H3. The monoisotopic (exact) mass is 350 g/mol. The predicted octanol–water partition coefficient (Wildman–Crippen LogP) is 4.90. The van der Waals surface area contributed by atoms with Crippen molar-refractivity contribution in [3.05, 3.63) is 65.2 Å². The molecule has 26 heavy (non-hydrogen) atoms. The Morgan fingerprint density at radius 3 is 1.77 bits per heavy atom. The summed E-state index contributed by atoms with van der Waals surface area (Å²) in [5.41, 5.74) is 5.26. The summed E-state index contributed by atoms with van der Waals surface area (Å²) in [5, 5.41) is 0. The molecule has 2 aromatic carbocycles. The summed E-state index contributed by atoms with van der Waals surface area (Å²) in [5.74, 6) is 0.329. The molecule has 0 bridgehead atoms. The van der Waals surface area contributed by atoms with Gasteiger partial charge in [0.05, 0.1) is 0 Å². The number of unbranched alkanes of at least 4 members (excludes halogenated alkanes) is 2. The van der Waals surface area contributed by atoms with Crippen LogP contribution >= 0.6 is 0 Å². The molecule has 1 aliphatic heterocycles. The molecule has 1 saturated heterocycles. The molecule has 0 N–H and O–H groups in total. The molecule has 0 aromatic heterocycles. The van der Waals surface area contributed by atoms with Crippen LogP contribution in [0.15, 0.2) is 48.5 Å². The first-order valence-electron chi connectivity index (χ1n) is 10.2. The Bertz CT molecular complexity index is 583. The van der Waals surface area contributed by atoms with Gasteiger partial charge in [-0.2, -0.15) is 0 Å². The molecule has 0 radical (unpaired) electrons. The van der Waals surface area contributed by atoms with Gasteiger partial charge in [-0.15, -0.1) is 0 Å². The van der Waals surface area contributed by atoms with Crippen LogP contribution in [0.25, 0.3) is 0 Å². The molecule has 1 heterocycles. The number of benzene rings is 2. The maximum atomic E-state index is 6.02. The van der Waals surface area contributed by atoms with E-state index in [4.69, 9.17) is 9.31 Å². The third-order valence-electron chi connectivity index (χ3n) is 5.24. The predicted molar refractivity (Wildman–Crippen MR) is 110 cm³/mol. The van der Waals surface area contributed by atoms with Gasteiger partial charge in [0.25, 0.3) is 0 Å². The molecule has 0 aliphatic carbocycles. The van der Waals surface area contributed by atoms with Crippen LogP contribution in [-0.2, 0) is 22.2 Å². The van der Waals surface area contributed by atoms with Gasteiger partial charge in [0.15, 0.2) is 0 Å². The van der Waals surface area contributed by atoms with Crippen molar-refractivity contribution in [3.63, 3.8) is 0 Å². The fraction of sp³-hybridized carbons (Fsp3) is 0.478. The zero-order chi connectivity index (χ0) is 18.2. The van der Waals surface area contributed by atoms with Crippen molar-refractivity contribution in [2.24, 2.45) is 0 Å². The fourth-order valence-electron chi connectivity index (χ4n) is 3.45. The van der Waals surface area contributed by atoms with Crippen LogP contribution in [0.5, 0.6) is 0 Å². The summed E-state index contributed by atoms with van der Waals surface area (Å²) in [4.78, 5) is 0. The van der Waals surface area contributed by atoms with Gasteiger partial charge in [0.2, 0.25) is 0 Å². The first-order valence-corrected chi connectivity index (χ1v) is 10.2. The number of aryl methyl sites for hydroxylation is 2. The Morgan fingerprint density at radius 1 is 0.769 bits per heavy atom. The van der Waals surface area contributed by atoms with E-state index in [1.54, 1.807) is 0 Å². The second-order valence-electron chi connectivity index (χ2n) is 7.39. The van der Waals surface area contributed by atoms with Crippen molar-refractivity contribution in [3.8, 4) is 0 Å². The summed E-state index contributed by atoms with van der Waals surface area (Å²) < 4.78 is 12.0. The van der Waals surface area contributed by atoms with Crippen molar-refractivity contribution < 1.29 is 9.31 Å². The second-order valence-corrected chi connectivity index (χ2v) is 7.39. The maximum Gasteiger partial charge on any atom is 0.493 e. The zero-order valence-electron chi connectivity index (χ0n) is 16.2. The quantitative estimate of drug-likeness (QED) is 0.631. The number of rotatable bonds is 8. The van der Waals surface area contributed by atoms with E-state index in [0.29, 0.717) is 5.92 Å².